The first-order chi connectivity index (χ1) is 24.7. The van der Waals surface area contributed by atoms with Crippen LogP contribution >= 0.6 is 7.14 Å². The summed E-state index contributed by atoms with van der Waals surface area (Å²) < 4.78 is 45.9. The zero-order chi connectivity index (χ0) is 37.2. The van der Waals surface area contributed by atoms with E-state index < -0.39 is 18.6 Å². The molecule has 0 saturated carbocycles. The van der Waals surface area contributed by atoms with Crippen LogP contribution < -0.4 is 14.4 Å². The average molecular weight is 737 g/mol. The van der Waals surface area contributed by atoms with Crippen molar-refractivity contribution in [2.24, 2.45) is 0 Å². The molecule has 14 heteroatoms. The summed E-state index contributed by atoms with van der Waals surface area (Å²) in [6.45, 7) is 13.4. The number of rotatable bonds is 8. The topological polar surface area (TPSA) is 127 Å². The van der Waals surface area contributed by atoms with E-state index in [-0.39, 0.29) is 41.5 Å². The number of hydrogen-bond donors (Lipinski definition) is 0. The van der Waals surface area contributed by atoms with Gasteiger partial charge in [0.25, 0.3) is 5.91 Å². The summed E-state index contributed by atoms with van der Waals surface area (Å²) in [5.74, 6) is 0.993. The maximum Gasteiger partial charge on any atom is 0.410 e. The van der Waals surface area contributed by atoms with Crippen molar-refractivity contribution >= 4 is 25.0 Å². The lowest BCUT2D eigenvalue weighted by atomic mass is 10.0. The summed E-state index contributed by atoms with van der Waals surface area (Å²) in [5.41, 5.74) is 1.37. The summed E-state index contributed by atoms with van der Waals surface area (Å²) in [7, 11) is -2.19. The van der Waals surface area contributed by atoms with Crippen LogP contribution in [0.3, 0.4) is 0 Å². The Morgan fingerprint density at radius 2 is 1.73 bits per heavy atom. The van der Waals surface area contributed by atoms with Gasteiger partial charge in [0.2, 0.25) is 0 Å². The van der Waals surface area contributed by atoms with E-state index in [4.69, 9.17) is 14.2 Å². The van der Waals surface area contributed by atoms with Crippen LogP contribution in [0.25, 0.3) is 0 Å². The third kappa shape index (κ3) is 8.85. The predicted molar refractivity (Wildman–Crippen MR) is 197 cm³/mol. The van der Waals surface area contributed by atoms with Crippen molar-refractivity contribution < 1.29 is 32.8 Å². The number of piperidine rings is 1. The van der Waals surface area contributed by atoms with Gasteiger partial charge in [-0.15, -0.1) is 0 Å². The third-order valence-corrected chi connectivity index (χ3v) is 12.3. The Balaban J connectivity index is 1.14. The second kappa shape index (κ2) is 15.4. The largest absolute Gasteiger partial charge is 0.490 e. The van der Waals surface area contributed by atoms with Gasteiger partial charge in [0, 0.05) is 75.1 Å². The molecular weight excluding hydrogens is 686 g/mol. The Kier molecular flexibility index (Phi) is 11.1. The molecule has 2 aromatic heterocycles. The Hall–Kier alpha value is -4.25. The highest BCUT2D eigenvalue weighted by molar-refractivity contribution is 7.63. The second-order valence-corrected chi connectivity index (χ2v) is 18.9. The maximum atomic E-state index is 14.7. The van der Waals surface area contributed by atoms with Gasteiger partial charge in [-0.05, 0) is 78.4 Å². The fourth-order valence-corrected chi connectivity index (χ4v) is 9.12. The van der Waals surface area contributed by atoms with E-state index in [0.717, 1.165) is 17.0 Å². The molecule has 1 aromatic carbocycles. The molecule has 2 fully saturated rings. The van der Waals surface area contributed by atoms with Crippen LogP contribution in [0.2, 0.25) is 0 Å². The minimum Gasteiger partial charge on any atom is -0.490 e. The smallest absolute Gasteiger partial charge is 0.410 e. The van der Waals surface area contributed by atoms with Gasteiger partial charge in [0.15, 0.2) is 11.6 Å². The first kappa shape index (κ1) is 37.5. The summed E-state index contributed by atoms with van der Waals surface area (Å²) in [4.78, 5) is 45.8. The monoisotopic (exact) mass is 736 g/mol. The first-order valence-electron chi connectivity index (χ1n) is 18.2. The number of ether oxygens (including phenoxy) is 3. The van der Waals surface area contributed by atoms with Crippen LogP contribution in [-0.4, -0.2) is 99.2 Å². The highest BCUT2D eigenvalue weighted by Gasteiger charge is 2.35. The number of nitrogens with zero attached hydrogens (tertiary/aromatic N) is 6. The molecule has 3 aromatic rings. The van der Waals surface area contributed by atoms with Crippen molar-refractivity contribution in [1.82, 2.24) is 24.8 Å². The van der Waals surface area contributed by atoms with E-state index in [1.807, 2.05) is 47.3 Å². The van der Waals surface area contributed by atoms with Gasteiger partial charge >= 0.3 is 6.09 Å². The number of fused-ring (bicyclic) bond motifs is 1. The fraction of sp³-hybridized carbons (Fsp3) is 0.553. The Bertz CT molecular complexity index is 1820. The molecule has 6 rings (SSSR count). The summed E-state index contributed by atoms with van der Waals surface area (Å²) in [5, 5.41) is 0. The molecule has 0 N–H and O–H groups in total. The van der Waals surface area contributed by atoms with E-state index in [1.165, 1.54) is 24.5 Å². The first-order valence-corrected chi connectivity index (χ1v) is 20.7. The lowest BCUT2D eigenvalue weighted by Gasteiger charge is -2.39. The van der Waals surface area contributed by atoms with Crippen LogP contribution in [0.4, 0.5) is 15.0 Å². The summed E-state index contributed by atoms with van der Waals surface area (Å²) in [6.07, 6.45) is 8.84. The molecule has 0 spiro atoms. The molecule has 5 heterocycles. The third-order valence-electron chi connectivity index (χ3n) is 9.86. The van der Waals surface area contributed by atoms with Crippen LogP contribution in [-0.2, 0) is 22.3 Å². The van der Waals surface area contributed by atoms with E-state index in [9.17, 15) is 18.5 Å². The van der Waals surface area contributed by atoms with Crippen LogP contribution in [0.1, 0.15) is 81.9 Å². The highest BCUT2D eigenvalue weighted by atomic mass is 31.2. The Labute approximate surface area is 305 Å². The van der Waals surface area contributed by atoms with Gasteiger partial charge in [-0.25, -0.2) is 19.2 Å². The molecule has 12 nitrogen and oxygen atoms in total. The number of halogens is 1. The molecule has 2 amide bonds. The van der Waals surface area contributed by atoms with Crippen molar-refractivity contribution in [3.8, 4) is 17.2 Å². The number of carbonyl (C=O) groups excluding carboxylic acids is 2. The minimum atomic E-state index is -2.19. The summed E-state index contributed by atoms with van der Waals surface area (Å²) in [6, 6.07) is 5.58. The Morgan fingerprint density at radius 3 is 2.42 bits per heavy atom. The molecule has 3 aliphatic heterocycles. The highest BCUT2D eigenvalue weighted by Crippen LogP contribution is 2.48. The number of anilines is 1. The molecule has 0 bridgehead atoms. The van der Waals surface area contributed by atoms with Gasteiger partial charge in [0.05, 0.1) is 31.1 Å². The molecule has 0 unspecified atom stereocenters. The van der Waals surface area contributed by atoms with Gasteiger partial charge in [0.1, 0.15) is 35.3 Å². The molecule has 280 valence electrons. The zero-order valence-electron chi connectivity index (χ0n) is 31.0. The van der Waals surface area contributed by atoms with Crippen molar-refractivity contribution in [3.63, 3.8) is 0 Å². The molecule has 3 aliphatic rings. The molecule has 0 radical (unpaired) electrons. The molecular formula is C38H50FN6O6P. The van der Waals surface area contributed by atoms with Crippen LogP contribution in [0.5, 0.6) is 17.2 Å². The lowest BCUT2D eigenvalue weighted by molar-refractivity contribution is 0.0219. The van der Waals surface area contributed by atoms with E-state index in [1.54, 1.807) is 22.2 Å². The second-order valence-electron chi connectivity index (χ2n) is 15.4. The van der Waals surface area contributed by atoms with Gasteiger partial charge in [-0.2, -0.15) is 0 Å². The van der Waals surface area contributed by atoms with Crippen LogP contribution in [0, 0.1) is 5.82 Å². The lowest BCUT2D eigenvalue weighted by Crippen LogP contribution is -2.47. The molecule has 52 heavy (non-hydrogen) atoms. The number of carbonyl (C=O) groups is 2. The van der Waals surface area contributed by atoms with Crippen molar-refractivity contribution in [2.45, 2.75) is 97.1 Å². The van der Waals surface area contributed by atoms with Gasteiger partial charge < -0.3 is 33.5 Å². The maximum absolute atomic E-state index is 14.7. The molecule has 2 saturated heterocycles. The standard InChI is InChI=1S/C38H50FN6O6P/c1-25(2)45(27-13-19-52(6,48)20-14-27)36(46)29-21-26(39)7-8-32(29)50-34-22-40-24-42-35(34)43-16-10-28(11-17-43)49-33-9-15-41-31-12-18-44(23-30(31)33)37(47)51-38(3,4)5/h7-9,15,21-22,24-25,27-28H,10-14,16-20,23H2,1-6H3. The number of aromatic nitrogens is 3. The number of benzene rings is 1. The minimum absolute atomic E-state index is 0.0735. The quantitative estimate of drug-likeness (QED) is 0.220. The van der Waals surface area contributed by atoms with Gasteiger partial charge in [-0.3, -0.25) is 9.78 Å². The zero-order valence-corrected chi connectivity index (χ0v) is 31.9. The summed E-state index contributed by atoms with van der Waals surface area (Å²) >= 11 is 0. The van der Waals surface area contributed by atoms with E-state index >= 15 is 0 Å². The normalized spacial score (nSPS) is 21.0. The number of pyridine rings is 1. The van der Waals surface area contributed by atoms with Crippen molar-refractivity contribution in [3.05, 3.63) is 65.6 Å². The number of amides is 2. The fourth-order valence-electron chi connectivity index (χ4n) is 7.21. The SMILES string of the molecule is CC(C)N(C(=O)c1cc(F)ccc1Oc1cncnc1N1CCC(Oc2ccnc3c2CN(C(=O)OC(C)(C)C)CC3)CC1)C1CCP(C)(=O)CC1. The average Bonchev–Trinajstić information content (AvgIpc) is 3.09. The van der Waals surface area contributed by atoms with E-state index in [0.29, 0.717) is 82.2 Å². The van der Waals surface area contributed by atoms with E-state index in [2.05, 4.69) is 19.9 Å². The molecule has 0 aliphatic carbocycles. The van der Waals surface area contributed by atoms with Crippen molar-refractivity contribution in [1.29, 1.82) is 0 Å². The van der Waals surface area contributed by atoms with Crippen LogP contribution in [0.15, 0.2) is 43.0 Å². The van der Waals surface area contributed by atoms with Gasteiger partial charge in [-0.1, -0.05) is 0 Å². The predicted octanol–water partition coefficient (Wildman–Crippen LogP) is 7.15. The Morgan fingerprint density at radius 1 is 1.00 bits per heavy atom. The number of hydrogen-bond acceptors (Lipinski definition) is 10. The molecule has 0 atom stereocenters. The van der Waals surface area contributed by atoms with Crippen molar-refractivity contribution in [2.75, 3.05) is 43.5 Å².